The largest absolute Gasteiger partial charge is 0.472 e. The van der Waals surface area contributed by atoms with E-state index < -0.39 is 29.5 Å². The predicted octanol–water partition coefficient (Wildman–Crippen LogP) is 2.96. The van der Waals surface area contributed by atoms with E-state index in [1.165, 1.54) is 19.5 Å². The average molecular weight is 400 g/mol. The fraction of sp³-hybridized carbons (Fsp3) is 0.591. The van der Waals surface area contributed by atoms with E-state index in [0.29, 0.717) is 31.4 Å². The van der Waals surface area contributed by atoms with Crippen LogP contribution >= 0.6 is 0 Å². The van der Waals surface area contributed by atoms with Gasteiger partial charge in [0, 0.05) is 23.3 Å². The van der Waals surface area contributed by atoms with E-state index in [1.807, 2.05) is 19.1 Å². The molecule has 29 heavy (non-hydrogen) atoms. The Morgan fingerprint density at radius 2 is 2.10 bits per heavy atom. The smallest absolute Gasteiger partial charge is 0.313 e. The number of esters is 3. The summed E-state index contributed by atoms with van der Waals surface area (Å²) in [7, 11) is 0. The van der Waals surface area contributed by atoms with Crippen molar-refractivity contribution in [1.29, 1.82) is 0 Å². The maximum absolute atomic E-state index is 13.1. The number of carbonyl (C=O) groups is 3. The van der Waals surface area contributed by atoms with E-state index in [4.69, 9.17) is 18.6 Å². The lowest BCUT2D eigenvalue weighted by atomic mass is 9.44. The normalized spacial score (nSPS) is 42.9. The van der Waals surface area contributed by atoms with Crippen LogP contribution in [0.2, 0.25) is 0 Å². The van der Waals surface area contributed by atoms with Crippen LogP contribution in [-0.2, 0) is 28.6 Å². The van der Waals surface area contributed by atoms with Gasteiger partial charge in [0.25, 0.3) is 0 Å². The Morgan fingerprint density at radius 3 is 2.83 bits per heavy atom. The van der Waals surface area contributed by atoms with E-state index >= 15 is 0 Å². The molecule has 5 rings (SSSR count). The molecule has 3 fully saturated rings. The monoisotopic (exact) mass is 400 g/mol. The molecule has 1 spiro atoms. The Labute approximate surface area is 168 Å². The molecular weight excluding hydrogens is 376 g/mol. The van der Waals surface area contributed by atoms with Crippen molar-refractivity contribution in [3.8, 4) is 0 Å². The highest BCUT2D eigenvalue weighted by Gasteiger charge is 2.70. The molecule has 0 radical (unpaired) electrons. The number of cyclic esters (lactones) is 2. The molecule has 7 atom stereocenters. The van der Waals surface area contributed by atoms with Gasteiger partial charge < -0.3 is 18.6 Å². The Kier molecular flexibility index (Phi) is 3.95. The molecular formula is C22H24O7. The summed E-state index contributed by atoms with van der Waals surface area (Å²) in [5.74, 6) is -1.70. The van der Waals surface area contributed by atoms with Crippen molar-refractivity contribution >= 4 is 17.9 Å². The van der Waals surface area contributed by atoms with Crippen LogP contribution in [0.15, 0.2) is 35.2 Å². The summed E-state index contributed by atoms with van der Waals surface area (Å²) < 4.78 is 22.4. The van der Waals surface area contributed by atoms with Crippen molar-refractivity contribution in [2.45, 2.75) is 45.3 Å². The van der Waals surface area contributed by atoms with E-state index in [1.54, 1.807) is 6.07 Å². The van der Waals surface area contributed by atoms with Crippen molar-refractivity contribution in [2.75, 3.05) is 6.61 Å². The van der Waals surface area contributed by atoms with Crippen LogP contribution in [0.1, 0.15) is 44.8 Å². The number of carbonyl (C=O) groups excluding carboxylic acids is 3. The van der Waals surface area contributed by atoms with Gasteiger partial charge in [-0.3, -0.25) is 14.4 Å². The Balaban J connectivity index is 1.65. The van der Waals surface area contributed by atoms with Gasteiger partial charge in [-0.2, -0.15) is 0 Å². The maximum Gasteiger partial charge on any atom is 0.313 e. The van der Waals surface area contributed by atoms with Crippen molar-refractivity contribution < 1.29 is 33.0 Å². The van der Waals surface area contributed by atoms with Gasteiger partial charge in [-0.25, -0.2) is 0 Å². The highest BCUT2D eigenvalue weighted by molar-refractivity contribution is 5.80. The van der Waals surface area contributed by atoms with Gasteiger partial charge >= 0.3 is 17.9 Å². The van der Waals surface area contributed by atoms with Crippen LogP contribution < -0.4 is 0 Å². The Morgan fingerprint density at radius 1 is 1.28 bits per heavy atom. The van der Waals surface area contributed by atoms with Gasteiger partial charge in [0.2, 0.25) is 0 Å². The highest BCUT2D eigenvalue weighted by atomic mass is 16.6. The fourth-order valence-corrected chi connectivity index (χ4v) is 6.45. The minimum Gasteiger partial charge on any atom is -0.472 e. The molecule has 2 aliphatic carbocycles. The summed E-state index contributed by atoms with van der Waals surface area (Å²) in [5, 5.41) is 0. The van der Waals surface area contributed by atoms with Crippen LogP contribution in [0.4, 0.5) is 0 Å². The molecule has 0 amide bonds. The topological polar surface area (TPSA) is 92.0 Å². The summed E-state index contributed by atoms with van der Waals surface area (Å²) in [5.41, 5.74) is -0.419. The highest BCUT2D eigenvalue weighted by Crippen LogP contribution is 2.66. The number of hydrogen-bond acceptors (Lipinski definition) is 7. The third-order valence-electron chi connectivity index (χ3n) is 7.73. The molecule has 0 bridgehead atoms. The lowest BCUT2D eigenvalue weighted by Gasteiger charge is -2.61. The van der Waals surface area contributed by atoms with Gasteiger partial charge in [-0.05, 0) is 31.2 Å². The Bertz CT molecular complexity index is 887. The first-order valence-corrected chi connectivity index (χ1v) is 10.1. The molecule has 1 aromatic heterocycles. The average Bonchev–Trinajstić information content (AvgIpc) is 3.32. The van der Waals surface area contributed by atoms with Gasteiger partial charge in [0.05, 0.1) is 31.0 Å². The molecule has 3 heterocycles. The summed E-state index contributed by atoms with van der Waals surface area (Å²) in [6, 6.07) is 1.72. The zero-order valence-corrected chi connectivity index (χ0v) is 16.5. The number of ether oxygens (including phenoxy) is 3. The number of rotatable bonds is 2. The Hall–Kier alpha value is -2.57. The third-order valence-corrected chi connectivity index (χ3v) is 7.73. The number of allylic oxidation sites excluding steroid dienone is 1. The second-order valence-corrected chi connectivity index (χ2v) is 8.94. The van der Waals surface area contributed by atoms with Crippen LogP contribution in [0.25, 0.3) is 0 Å². The molecule has 1 aromatic rings. The molecule has 4 aliphatic rings. The lowest BCUT2D eigenvalue weighted by molar-refractivity contribution is -0.240. The van der Waals surface area contributed by atoms with Gasteiger partial charge in [0.1, 0.15) is 6.10 Å². The van der Waals surface area contributed by atoms with Gasteiger partial charge in [0.15, 0.2) is 6.10 Å². The molecule has 1 saturated carbocycles. The molecule has 2 aliphatic heterocycles. The number of hydrogen-bond donors (Lipinski definition) is 0. The molecule has 2 saturated heterocycles. The summed E-state index contributed by atoms with van der Waals surface area (Å²) in [6.45, 7) is 3.72. The minimum atomic E-state index is -0.746. The van der Waals surface area contributed by atoms with Crippen molar-refractivity contribution in [3.63, 3.8) is 0 Å². The quantitative estimate of drug-likeness (QED) is 0.428. The van der Waals surface area contributed by atoms with Crippen LogP contribution in [0, 0.1) is 28.6 Å². The van der Waals surface area contributed by atoms with Crippen LogP contribution in [0.5, 0.6) is 0 Å². The van der Waals surface area contributed by atoms with Crippen molar-refractivity contribution in [1.82, 2.24) is 0 Å². The van der Waals surface area contributed by atoms with Crippen LogP contribution in [0.3, 0.4) is 0 Å². The maximum atomic E-state index is 13.1. The first kappa shape index (κ1) is 18.5. The van der Waals surface area contributed by atoms with E-state index in [9.17, 15) is 14.4 Å². The number of furan rings is 1. The first-order chi connectivity index (χ1) is 13.9. The SMILES string of the molecule is CC(=O)O[C@H]1[C@H](c2ccoc2)OC(=O)[C@H]2CC[C@@]34COC(=O)[C@@H]3C=CC[C@@H]4[C@]21C. The van der Waals surface area contributed by atoms with E-state index in [0.717, 1.165) is 0 Å². The van der Waals surface area contributed by atoms with Gasteiger partial charge in [-0.1, -0.05) is 19.1 Å². The lowest BCUT2D eigenvalue weighted by Crippen LogP contribution is -2.64. The second kappa shape index (κ2) is 6.21. The summed E-state index contributed by atoms with van der Waals surface area (Å²) in [4.78, 5) is 37.6. The fourth-order valence-electron chi connectivity index (χ4n) is 6.45. The molecule has 0 unspecified atom stereocenters. The first-order valence-electron chi connectivity index (χ1n) is 10.1. The van der Waals surface area contributed by atoms with Gasteiger partial charge in [-0.15, -0.1) is 0 Å². The molecule has 154 valence electrons. The van der Waals surface area contributed by atoms with E-state index in [2.05, 4.69) is 0 Å². The minimum absolute atomic E-state index is 0.0539. The zero-order chi connectivity index (χ0) is 20.4. The predicted molar refractivity (Wildman–Crippen MR) is 98.1 cm³/mol. The van der Waals surface area contributed by atoms with Crippen molar-refractivity contribution in [2.24, 2.45) is 28.6 Å². The van der Waals surface area contributed by atoms with Crippen LogP contribution in [-0.4, -0.2) is 30.6 Å². The molecule has 0 N–H and O–H groups in total. The number of fused-ring (bicyclic) bond motifs is 2. The van der Waals surface area contributed by atoms with E-state index in [-0.39, 0.29) is 29.2 Å². The second-order valence-electron chi connectivity index (χ2n) is 8.94. The van der Waals surface area contributed by atoms with Crippen molar-refractivity contribution in [3.05, 3.63) is 36.3 Å². The molecule has 0 aromatic carbocycles. The summed E-state index contributed by atoms with van der Waals surface area (Å²) >= 11 is 0. The molecule has 7 nitrogen and oxygen atoms in total. The third kappa shape index (κ3) is 2.39. The molecule has 7 heteroatoms. The zero-order valence-electron chi connectivity index (χ0n) is 16.5. The standard InChI is InChI=1S/C22H24O7/c1-12(23)28-18-17(13-7-9-26-10-13)29-20(25)14-6-8-22-11-27-19(24)15(22)4-3-5-16(22)21(14,18)2/h3-4,7,9-10,14-18H,5-6,8,11H2,1-2H3/t14-,15+,16-,17+,18+,21+,22-/m1/s1. The summed E-state index contributed by atoms with van der Waals surface area (Å²) in [6.07, 6.45) is 7.53.